The molecule has 0 aliphatic rings. The van der Waals surface area contributed by atoms with Crippen molar-refractivity contribution in [1.29, 1.82) is 0 Å². The van der Waals surface area contributed by atoms with Gasteiger partial charge in [-0.05, 0) is 30.9 Å². The van der Waals surface area contributed by atoms with Crippen molar-refractivity contribution in [3.05, 3.63) is 48.0 Å². The van der Waals surface area contributed by atoms with Crippen molar-refractivity contribution in [2.24, 2.45) is 0 Å². The number of amides is 1. The van der Waals surface area contributed by atoms with Crippen LogP contribution in [-0.4, -0.2) is 31.0 Å². The van der Waals surface area contributed by atoms with Crippen LogP contribution in [-0.2, 0) is 25.7 Å². The molecule has 1 rings (SSSR count). The van der Waals surface area contributed by atoms with Gasteiger partial charge in [0, 0.05) is 6.42 Å². The Bertz CT molecular complexity index is 702. The summed E-state index contributed by atoms with van der Waals surface area (Å²) < 4.78 is 9.89. The van der Waals surface area contributed by atoms with E-state index in [0.717, 1.165) is 18.4 Å². The lowest BCUT2D eigenvalue weighted by atomic mass is 10.1. The van der Waals surface area contributed by atoms with Gasteiger partial charge in [0.1, 0.15) is 12.6 Å². The minimum absolute atomic E-state index is 0.0701. The average molecular weight is 460 g/mol. The van der Waals surface area contributed by atoms with Crippen molar-refractivity contribution in [3.63, 3.8) is 0 Å². The van der Waals surface area contributed by atoms with Gasteiger partial charge in [-0.25, -0.2) is 9.59 Å². The number of ketones is 1. The first-order valence-electron chi connectivity index (χ1n) is 12.3. The zero-order valence-corrected chi connectivity index (χ0v) is 20.4. The molecule has 0 radical (unpaired) electrons. The molecular formula is C27H41NO5. The molecule has 6 nitrogen and oxygen atoms in total. The lowest BCUT2D eigenvalue weighted by molar-refractivity contribution is -0.143. The van der Waals surface area contributed by atoms with Gasteiger partial charge in [-0.15, -0.1) is 0 Å². The second kappa shape index (κ2) is 18.9. The standard InChI is InChI=1S/C27H41NO5/c1-3-4-5-6-7-8-9-10-11-12-16-19-24(29)20-21-25(26(30)32-2)28-27(31)33-22-23-17-14-13-15-18-23/h13-19,25H,3-12,20-22H2,1-2H3,(H,28,31)/b19-16+. The van der Waals surface area contributed by atoms with E-state index in [-0.39, 0.29) is 25.2 Å². The summed E-state index contributed by atoms with van der Waals surface area (Å²) in [6, 6.07) is 8.33. The van der Waals surface area contributed by atoms with E-state index < -0.39 is 18.1 Å². The molecule has 6 heteroatoms. The molecule has 0 saturated carbocycles. The molecule has 0 aromatic heterocycles. The monoisotopic (exact) mass is 459 g/mol. The number of hydrogen-bond donors (Lipinski definition) is 1. The maximum Gasteiger partial charge on any atom is 0.408 e. The number of benzene rings is 1. The van der Waals surface area contributed by atoms with Crippen LogP contribution in [0.1, 0.15) is 89.5 Å². The zero-order valence-electron chi connectivity index (χ0n) is 20.4. The topological polar surface area (TPSA) is 81.7 Å². The van der Waals surface area contributed by atoms with Crippen LogP contribution < -0.4 is 5.32 Å². The van der Waals surface area contributed by atoms with Gasteiger partial charge in [0.05, 0.1) is 7.11 Å². The number of alkyl carbamates (subject to hydrolysis) is 1. The smallest absolute Gasteiger partial charge is 0.408 e. The molecule has 184 valence electrons. The fourth-order valence-corrected chi connectivity index (χ4v) is 3.46. The maximum atomic E-state index is 12.1. The van der Waals surface area contributed by atoms with E-state index in [4.69, 9.17) is 9.47 Å². The summed E-state index contributed by atoms with van der Waals surface area (Å²) in [7, 11) is 1.25. The molecular weight excluding hydrogens is 418 g/mol. The van der Waals surface area contributed by atoms with E-state index in [0.29, 0.717) is 0 Å². The molecule has 0 heterocycles. The van der Waals surface area contributed by atoms with Gasteiger partial charge in [0.25, 0.3) is 0 Å². The minimum Gasteiger partial charge on any atom is -0.467 e. The lowest BCUT2D eigenvalue weighted by Gasteiger charge is -2.15. The first-order valence-corrected chi connectivity index (χ1v) is 12.3. The molecule has 1 N–H and O–H groups in total. The lowest BCUT2D eigenvalue weighted by Crippen LogP contribution is -2.42. The second-order valence-corrected chi connectivity index (χ2v) is 8.31. The van der Waals surface area contributed by atoms with Gasteiger partial charge in [0.15, 0.2) is 5.78 Å². The van der Waals surface area contributed by atoms with Crippen LogP contribution in [0.15, 0.2) is 42.5 Å². The fourth-order valence-electron chi connectivity index (χ4n) is 3.46. The van der Waals surface area contributed by atoms with Gasteiger partial charge in [0.2, 0.25) is 0 Å². The highest BCUT2D eigenvalue weighted by molar-refractivity contribution is 5.90. The fraction of sp³-hybridized carbons (Fsp3) is 0.593. The summed E-state index contributed by atoms with van der Waals surface area (Å²) in [5.41, 5.74) is 0.842. The second-order valence-electron chi connectivity index (χ2n) is 8.31. The van der Waals surface area contributed by atoms with E-state index in [9.17, 15) is 14.4 Å². The van der Waals surface area contributed by atoms with Crippen LogP contribution >= 0.6 is 0 Å². The summed E-state index contributed by atoms with van der Waals surface area (Å²) in [5, 5.41) is 2.49. The molecule has 1 aromatic carbocycles. The van der Waals surface area contributed by atoms with Crippen molar-refractivity contribution in [1.82, 2.24) is 5.32 Å². The van der Waals surface area contributed by atoms with Crippen LogP contribution in [0.25, 0.3) is 0 Å². The normalized spacial score (nSPS) is 11.8. The first kappa shape index (κ1) is 28.4. The molecule has 1 amide bonds. The molecule has 33 heavy (non-hydrogen) atoms. The van der Waals surface area contributed by atoms with E-state index in [2.05, 4.69) is 12.2 Å². The number of ether oxygens (including phenoxy) is 2. The van der Waals surface area contributed by atoms with E-state index >= 15 is 0 Å². The Morgan fingerprint density at radius 2 is 1.58 bits per heavy atom. The third-order valence-corrected chi connectivity index (χ3v) is 5.45. The minimum atomic E-state index is -0.923. The predicted octanol–water partition coefficient (Wildman–Crippen LogP) is 6.28. The van der Waals surface area contributed by atoms with Gasteiger partial charge in [-0.3, -0.25) is 4.79 Å². The molecule has 0 bridgehead atoms. The molecule has 0 spiro atoms. The van der Waals surface area contributed by atoms with Crippen LogP contribution in [0.4, 0.5) is 4.79 Å². The van der Waals surface area contributed by atoms with Crippen LogP contribution in [0.3, 0.4) is 0 Å². The summed E-state index contributed by atoms with van der Waals surface area (Å²) in [6.07, 6.45) is 15.4. The predicted molar refractivity (Wildman–Crippen MR) is 131 cm³/mol. The molecule has 1 unspecified atom stereocenters. The van der Waals surface area contributed by atoms with Crippen molar-refractivity contribution >= 4 is 17.8 Å². The van der Waals surface area contributed by atoms with Crippen molar-refractivity contribution in [2.75, 3.05) is 7.11 Å². The number of nitrogens with one attached hydrogen (secondary N) is 1. The average Bonchev–Trinajstić information content (AvgIpc) is 2.83. The van der Waals surface area contributed by atoms with E-state index in [1.165, 1.54) is 58.5 Å². The van der Waals surface area contributed by atoms with Crippen LogP contribution in [0.2, 0.25) is 0 Å². The van der Waals surface area contributed by atoms with Crippen molar-refractivity contribution < 1.29 is 23.9 Å². The van der Waals surface area contributed by atoms with Gasteiger partial charge in [-0.2, -0.15) is 0 Å². The van der Waals surface area contributed by atoms with Crippen molar-refractivity contribution in [2.45, 2.75) is 96.6 Å². The molecule has 0 aliphatic carbocycles. The molecule has 1 atom stereocenters. The number of unbranched alkanes of at least 4 members (excludes halogenated alkanes) is 9. The van der Waals surface area contributed by atoms with E-state index in [1.807, 2.05) is 36.4 Å². The summed E-state index contributed by atoms with van der Waals surface area (Å²) in [5.74, 6) is -0.669. The summed E-state index contributed by atoms with van der Waals surface area (Å²) >= 11 is 0. The summed E-state index contributed by atoms with van der Waals surface area (Å²) in [4.78, 5) is 36.1. The Hall–Kier alpha value is -2.63. The molecule has 0 fully saturated rings. The number of esters is 1. The quantitative estimate of drug-likeness (QED) is 0.159. The number of rotatable bonds is 18. The first-order chi connectivity index (χ1) is 16.1. The highest BCUT2D eigenvalue weighted by atomic mass is 16.6. The van der Waals surface area contributed by atoms with E-state index in [1.54, 1.807) is 6.08 Å². The number of carbonyl (C=O) groups is 3. The molecule has 0 aliphatic heterocycles. The van der Waals surface area contributed by atoms with Gasteiger partial charge in [-0.1, -0.05) is 94.7 Å². The van der Waals surface area contributed by atoms with Crippen LogP contribution in [0, 0.1) is 0 Å². The molecule has 1 aromatic rings. The number of carbonyl (C=O) groups excluding carboxylic acids is 3. The Labute approximate surface area is 199 Å². The number of hydrogen-bond acceptors (Lipinski definition) is 5. The Balaban J connectivity index is 2.22. The number of allylic oxidation sites excluding steroid dienone is 2. The highest BCUT2D eigenvalue weighted by Crippen LogP contribution is 2.11. The summed E-state index contributed by atoms with van der Waals surface area (Å²) in [6.45, 7) is 2.33. The largest absolute Gasteiger partial charge is 0.467 e. The highest BCUT2D eigenvalue weighted by Gasteiger charge is 2.22. The Morgan fingerprint density at radius 3 is 2.21 bits per heavy atom. The third kappa shape index (κ3) is 14.9. The van der Waals surface area contributed by atoms with Gasteiger partial charge >= 0.3 is 12.1 Å². The Morgan fingerprint density at radius 1 is 0.939 bits per heavy atom. The third-order valence-electron chi connectivity index (χ3n) is 5.45. The maximum absolute atomic E-state index is 12.1. The van der Waals surface area contributed by atoms with Crippen LogP contribution in [0.5, 0.6) is 0 Å². The molecule has 0 saturated heterocycles. The SMILES string of the molecule is CCCCCCCCCCC/C=C/C(=O)CCC(NC(=O)OCc1ccccc1)C(=O)OC. The van der Waals surface area contributed by atoms with Crippen molar-refractivity contribution in [3.8, 4) is 0 Å². The number of methoxy groups -OCH3 is 1. The zero-order chi connectivity index (χ0) is 24.2. The Kier molecular flexibility index (Phi) is 16.3. The van der Waals surface area contributed by atoms with Gasteiger partial charge < -0.3 is 14.8 Å².